The van der Waals surface area contributed by atoms with Gasteiger partial charge in [-0.1, -0.05) is 41.9 Å². The monoisotopic (exact) mass is 325 g/mol. The maximum absolute atomic E-state index is 12.0. The zero-order chi connectivity index (χ0) is 16.1. The Morgan fingerprint density at radius 2 is 1.87 bits per heavy atom. The van der Waals surface area contributed by atoms with Gasteiger partial charge in [-0.15, -0.1) is 0 Å². The second-order valence-corrected chi connectivity index (χ2v) is 5.61. The molecule has 0 radical (unpaired) electrons. The summed E-state index contributed by atoms with van der Waals surface area (Å²) in [6, 6.07) is 15.3. The Hall–Kier alpha value is -2.59. The lowest BCUT2D eigenvalue weighted by molar-refractivity contribution is -0.116. The van der Waals surface area contributed by atoms with E-state index in [2.05, 4.69) is 15.5 Å². The van der Waals surface area contributed by atoms with Gasteiger partial charge in [0.05, 0.1) is 6.20 Å². The molecule has 2 N–H and O–H groups in total. The van der Waals surface area contributed by atoms with E-state index in [9.17, 15) is 4.79 Å². The van der Waals surface area contributed by atoms with Crippen LogP contribution in [-0.4, -0.2) is 16.1 Å². The van der Waals surface area contributed by atoms with Gasteiger partial charge in [0.25, 0.3) is 0 Å². The van der Waals surface area contributed by atoms with Crippen molar-refractivity contribution < 1.29 is 4.79 Å². The van der Waals surface area contributed by atoms with Gasteiger partial charge in [-0.2, -0.15) is 5.10 Å². The highest BCUT2D eigenvalue weighted by molar-refractivity contribution is 6.31. The number of aryl methyl sites for hydroxylation is 1. The molecule has 116 valence electrons. The molecule has 0 aliphatic rings. The summed E-state index contributed by atoms with van der Waals surface area (Å²) in [4.78, 5) is 12.0. The number of anilines is 1. The van der Waals surface area contributed by atoms with Crippen LogP contribution >= 0.6 is 11.6 Å². The molecule has 1 heterocycles. The van der Waals surface area contributed by atoms with Gasteiger partial charge in [0.2, 0.25) is 5.91 Å². The average Bonchev–Trinajstić information content (AvgIpc) is 3.09. The molecule has 4 nitrogen and oxygen atoms in total. The SMILES string of the molecule is O=C(CCc1ccccc1Cl)Nc1ccc(-c2cn[nH]c2)cc1. The van der Waals surface area contributed by atoms with Crippen LogP contribution in [0.3, 0.4) is 0 Å². The third kappa shape index (κ3) is 3.99. The van der Waals surface area contributed by atoms with Gasteiger partial charge >= 0.3 is 0 Å². The largest absolute Gasteiger partial charge is 0.326 e. The van der Waals surface area contributed by atoms with Gasteiger partial charge in [-0.05, 0) is 35.7 Å². The number of aromatic nitrogens is 2. The van der Waals surface area contributed by atoms with Crippen LogP contribution in [0.5, 0.6) is 0 Å². The molecule has 23 heavy (non-hydrogen) atoms. The van der Waals surface area contributed by atoms with Crippen LogP contribution in [0.25, 0.3) is 11.1 Å². The van der Waals surface area contributed by atoms with Gasteiger partial charge in [0.1, 0.15) is 0 Å². The lowest BCUT2D eigenvalue weighted by atomic mass is 10.1. The van der Waals surface area contributed by atoms with E-state index in [0.717, 1.165) is 22.4 Å². The van der Waals surface area contributed by atoms with Crippen LogP contribution in [0.15, 0.2) is 60.9 Å². The van der Waals surface area contributed by atoms with Crippen molar-refractivity contribution in [1.29, 1.82) is 0 Å². The number of nitrogens with one attached hydrogen (secondary N) is 2. The van der Waals surface area contributed by atoms with Crippen molar-refractivity contribution in [3.8, 4) is 11.1 Å². The molecule has 0 aliphatic carbocycles. The molecule has 0 unspecified atom stereocenters. The minimum atomic E-state index is -0.0269. The van der Waals surface area contributed by atoms with Crippen LogP contribution in [0.2, 0.25) is 5.02 Å². The number of carbonyl (C=O) groups excluding carboxylic acids is 1. The number of hydrogen-bond donors (Lipinski definition) is 2. The highest BCUT2D eigenvalue weighted by Crippen LogP contribution is 2.20. The number of amides is 1. The van der Waals surface area contributed by atoms with Gasteiger partial charge < -0.3 is 5.32 Å². The molecule has 0 fully saturated rings. The third-order valence-corrected chi connectivity index (χ3v) is 3.95. The highest BCUT2D eigenvalue weighted by Gasteiger charge is 2.06. The van der Waals surface area contributed by atoms with Gasteiger partial charge in [0, 0.05) is 28.9 Å². The van der Waals surface area contributed by atoms with E-state index >= 15 is 0 Å². The fourth-order valence-corrected chi connectivity index (χ4v) is 2.56. The maximum Gasteiger partial charge on any atom is 0.224 e. The summed E-state index contributed by atoms with van der Waals surface area (Å²) in [5, 5.41) is 10.3. The number of nitrogens with zero attached hydrogens (tertiary/aromatic N) is 1. The van der Waals surface area contributed by atoms with Crippen LogP contribution in [0.1, 0.15) is 12.0 Å². The molecule has 3 aromatic rings. The Labute approximate surface area is 139 Å². The van der Waals surface area contributed by atoms with E-state index in [1.54, 1.807) is 6.20 Å². The topological polar surface area (TPSA) is 57.8 Å². The van der Waals surface area contributed by atoms with Crippen LogP contribution in [-0.2, 0) is 11.2 Å². The number of aromatic amines is 1. The number of H-pyrrole nitrogens is 1. The number of carbonyl (C=O) groups is 1. The first-order chi connectivity index (χ1) is 11.2. The van der Waals surface area contributed by atoms with E-state index in [4.69, 9.17) is 11.6 Å². The standard InChI is InChI=1S/C18H16ClN3O/c19-17-4-2-1-3-14(17)7-10-18(23)22-16-8-5-13(6-9-16)15-11-20-21-12-15/h1-6,8-9,11-12H,7,10H2,(H,20,21)(H,22,23). The summed E-state index contributed by atoms with van der Waals surface area (Å²) in [5.74, 6) is -0.0269. The summed E-state index contributed by atoms with van der Waals surface area (Å²) < 4.78 is 0. The zero-order valence-electron chi connectivity index (χ0n) is 12.4. The Kier molecular flexibility index (Phi) is 4.74. The number of halogens is 1. The molecular weight excluding hydrogens is 310 g/mol. The van der Waals surface area contributed by atoms with E-state index in [1.165, 1.54) is 0 Å². The molecule has 5 heteroatoms. The van der Waals surface area contributed by atoms with Crippen molar-refractivity contribution in [2.75, 3.05) is 5.32 Å². The lowest BCUT2D eigenvalue weighted by Gasteiger charge is -2.07. The second kappa shape index (κ2) is 7.11. The molecule has 0 saturated heterocycles. The molecule has 1 amide bonds. The van der Waals surface area contributed by atoms with Gasteiger partial charge in [-0.3, -0.25) is 9.89 Å². The Morgan fingerprint density at radius 3 is 2.57 bits per heavy atom. The molecular formula is C18H16ClN3O. The van der Waals surface area contributed by atoms with E-state index in [0.29, 0.717) is 17.9 Å². The quantitative estimate of drug-likeness (QED) is 0.734. The van der Waals surface area contributed by atoms with Crippen molar-refractivity contribution in [1.82, 2.24) is 10.2 Å². The smallest absolute Gasteiger partial charge is 0.224 e. The molecule has 3 rings (SSSR count). The molecule has 0 saturated carbocycles. The number of benzene rings is 2. The predicted molar refractivity (Wildman–Crippen MR) is 92.4 cm³/mol. The summed E-state index contributed by atoms with van der Waals surface area (Å²) in [5.41, 5.74) is 3.83. The number of hydrogen-bond acceptors (Lipinski definition) is 2. The molecule has 0 atom stereocenters. The second-order valence-electron chi connectivity index (χ2n) is 5.20. The molecule has 2 aromatic carbocycles. The molecule has 0 aliphatic heterocycles. The van der Waals surface area contributed by atoms with Gasteiger partial charge in [0.15, 0.2) is 0 Å². The van der Waals surface area contributed by atoms with Crippen LogP contribution in [0, 0.1) is 0 Å². The van der Waals surface area contributed by atoms with Crippen molar-refractivity contribution >= 4 is 23.2 Å². The summed E-state index contributed by atoms with van der Waals surface area (Å²) >= 11 is 6.09. The fraction of sp³-hybridized carbons (Fsp3) is 0.111. The first kappa shape index (κ1) is 15.3. The summed E-state index contributed by atoms with van der Waals surface area (Å²) in [6.07, 6.45) is 4.61. The lowest BCUT2D eigenvalue weighted by Crippen LogP contribution is -2.12. The van der Waals surface area contributed by atoms with E-state index in [-0.39, 0.29) is 5.91 Å². The third-order valence-electron chi connectivity index (χ3n) is 3.58. The minimum absolute atomic E-state index is 0.0269. The van der Waals surface area contributed by atoms with E-state index in [1.807, 2.05) is 54.7 Å². The Balaban J connectivity index is 1.57. The molecule has 0 bridgehead atoms. The van der Waals surface area contributed by atoms with Crippen molar-refractivity contribution in [2.45, 2.75) is 12.8 Å². The Bertz CT molecular complexity index is 782. The first-order valence-corrected chi connectivity index (χ1v) is 7.72. The summed E-state index contributed by atoms with van der Waals surface area (Å²) in [7, 11) is 0. The highest BCUT2D eigenvalue weighted by atomic mass is 35.5. The summed E-state index contributed by atoms with van der Waals surface area (Å²) in [6.45, 7) is 0. The maximum atomic E-state index is 12.0. The average molecular weight is 326 g/mol. The van der Waals surface area contributed by atoms with E-state index < -0.39 is 0 Å². The molecule has 1 aromatic heterocycles. The predicted octanol–water partition coefficient (Wildman–Crippen LogP) is 4.30. The normalized spacial score (nSPS) is 10.5. The molecule has 0 spiro atoms. The van der Waals surface area contributed by atoms with Gasteiger partial charge in [-0.25, -0.2) is 0 Å². The Morgan fingerprint density at radius 1 is 1.09 bits per heavy atom. The van der Waals surface area contributed by atoms with Crippen LogP contribution in [0.4, 0.5) is 5.69 Å². The zero-order valence-corrected chi connectivity index (χ0v) is 13.2. The number of rotatable bonds is 5. The van der Waals surface area contributed by atoms with Crippen molar-refractivity contribution in [3.63, 3.8) is 0 Å². The van der Waals surface area contributed by atoms with Crippen molar-refractivity contribution in [3.05, 3.63) is 71.5 Å². The minimum Gasteiger partial charge on any atom is -0.326 e. The first-order valence-electron chi connectivity index (χ1n) is 7.35. The fourth-order valence-electron chi connectivity index (χ4n) is 2.33. The van der Waals surface area contributed by atoms with Crippen LogP contribution < -0.4 is 5.32 Å². The van der Waals surface area contributed by atoms with Crippen molar-refractivity contribution in [2.24, 2.45) is 0 Å².